The van der Waals surface area contributed by atoms with Crippen LogP contribution >= 0.6 is 11.6 Å². The summed E-state index contributed by atoms with van der Waals surface area (Å²) in [6.07, 6.45) is 2.23. The zero-order chi connectivity index (χ0) is 30.4. The van der Waals surface area contributed by atoms with Crippen molar-refractivity contribution in [2.75, 3.05) is 52.4 Å². The molecule has 1 aliphatic carbocycles. The number of nitrogens with zero attached hydrogens (tertiary/aromatic N) is 4. The summed E-state index contributed by atoms with van der Waals surface area (Å²) >= 11 is 6.43. The summed E-state index contributed by atoms with van der Waals surface area (Å²) in [7, 11) is 0. The van der Waals surface area contributed by atoms with Gasteiger partial charge in [-0.2, -0.15) is 0 Å². The van der Waals surface area contributed by atoms with Crippen LogP contribution in [-0.2, 0) is 9.59 Å². The van der Waals surface area contributed by atoms with E-state index in [1.165, 1.54) is 22.3 Å². The summed E-state index contributed by atoms with van der Waals surface area (Å²) in [6.45, 7) is 14.1. The van der Waals surface area contributed by atoms with Gasteiger partial charge in [0, 0.05) is 87.5 Å². The molecule has 2 amide bonds. The van der Waals surface area contributed by atoms with Gasteiger partial charge in [-0.3, -0.25) is 9.80 Å². The first-order valence-electron chi connectivity index (χ1n) is 14.5. The van der Waals surface area contributed by atoms with E-state index in [0.29, 0.717) is 24.1 Å². The first-order chi connectivity index (χ1) is 20.0. The van der Waals surface area contributed by atoms with Gasteiger partial charge in [-0.25, -0.2) is 14.4 Å². The third-order valence-corrected chi connectivity index (χ3v) is 8.61. The average Bonchev–Trinajstić information content (AvgIpc) is 3.52. The van der Waals surface area contributed by atoms with Crippen LogP contribution in [0.5, 0.6) is 0 Å². The molecule has 5 rings (SSSR count). The van der Waals surface area contributed by atoms with Crippen molar-refractivity contribution in [3.8, 4) is 0 Å². The van der Waals surface area contributed by atoms with Gasteiger partial charge in [-0.05, 0) is 56.0 Å². The Hall–Kier alpha value is -3.40. The van der Waals surface area contributed by atoms with Crippen molar-refractivity contribution >= 4 is 29.6 Å². The second-order valence-corrected chi connectivity index (χ2v) is 11.9. The number of fused-ring (bicyclic) bond motifs is 1. The molecule has 2 aromatic rings. The monoisotopic (exact) mass is 596 g/mol. The highest BCUT2D eigenvalue weighted by molar-refractivity contribution is 6.30. The summed E-state index contributed by atoms with van der Waals surface area (Å²) in [5.74, 6) is -2.11. The number of urea groups is 1. The highest BCUT2D eigenvalue weighted by Crippen LogP contribution is 2.47. The third-order valence-electron chi connectivity index (χ3n) is 8.37. The Morgan fingerprint density at radius 3 is 2.12 bits per heavy atom. The predicted molar refractivity (Wildman–Crippen MR) is 163 cm³/mol. The van der Waals surface area contributed by atoms with E-state index in [4.69, 9.17) is 21.8 Å². The molecule has 2 unspecified atom stereocenters. The summed E-state index contributed by atoms with van der Waals surface area (Å²) < 4.78 is 0. The van der Waals surface area contributed by atoms with Crippen LogP contribution in [0.3, 0.4) is 0 Å². The van der Waals surface area contributed by atoms with Crippen molar-refractivity contribution < 1.29 is 24.6 Å². The van der Waals surface area contributed by atoms with Crippen LogP contribution in [0.4, 0.5) is 4.79 Å². The quantitative estimate of drug-likeness (QED) is 0.426. The zero-order valence-corrected chi connectivity index (χ0v) is 25.3. The smallest absolute Gasteiger partial charge is 0.328 e. The van der Waals surface area contributed by atoms with Crippen LogP contribution in [0, 0.1) is 6.92 Å². The van der Waals surface area contributed by atoms with E-state index in [1.807, 2.05) is 9.80 Å². The number of carboxylic acid groups (broad SMARTS) is 2. The lowest BCUT2D eigenvalue weighted by molar-refractivity contribution is -0.134. The zero-order valence-electron chi connectivity index (χ0n) is 24.6. The molecule has 0 radical (unpaired) electrons. The van der Waals surface area contributed by atoms with Crippen LogP contribution in [0.2, 0.25) is 5.02 Å². The Morgan fingerprint density at radius 2 is 1.55 bits per heavy atom. The molecule has 0 saturated carbocycles. The van der Waals surface area contributed by atoms with Crippen molar-refractivity contribution in [2.45, 2.75) is 45.2 Å². The average molecular weight is 597 g/mol. The minimum absolute atomic E-state index is 0.206. The van der Waals surface area contributed by atoms with Crippen LogP contribution in [0.15, 0.2) is 54.6 Å². The molecule has 42 heavy (non-hydrogen) atoms. The number of carbonyl (C=O) groups excluding carboxylic acids is 1. The molecule has 10 heteroatoms. The number of benzene rings is 2. The van der Waals surface area contributed by atoms with Crippen LogP contribution < -0.4 is 0 Å². The fraction of sp³-hybridized carbons (Fsp3) is 0.469. The van der Waals surface area contributed by atoms with Gasteiger partial charge in [0.15, 0.2) is 0 Å². The Bertz CT molecular complexity index is 1270. The van der Waals surface area contributed by atoms with Gasteiger partial charge < -0.3 is 20.0 Å². The molecule has 2 aliphatic heterocycles. The second kappa shape index (κ2) is 14.2. The highest BCUT2D eigenvalue weighted by Gasteiger charge is 2.37. The summed E-state index contributed by atoms with van der Waals surface area (Å²) in [6, 6.07) is 16.4. The lowest BCUT2D eigenvalue weighted by atomic mass is 9.92. The van der Waals surface area contributed by atoms with E-state index in [1.54, 1.807) is 0 Å². The van der Waals surface area contributed by atoms with Crippen molar-refractivity contribution in [1.29, 1.82) is 0 Å². The van der Waals surface area contributed by atoms with Crippen LogP contribution in [0.25, 0.3) is 0 Å². The maximum absolute atomic E-state index is 12.6. The maximum Gasteiger partial charge on any atom is 0.328 e. The van der Waals surface area contributed by atoms with Crippen molar-refractivity contribution in [3.05, 3.63) is 81.9 Å². The lowest BCUT2D eigenvalue weighted by Gasteiger charge is -2.39. The van der Waals surface area contributed by atoms with E-state index in [2.05, 4.69) is 73.0 Å². The lowest BCUT2D eigenvalue weighted by Crippen LogP contribution is -2.49. The summed E-state index contributed by atoms with van der Waals surface area (Å²) in [4.78, 5) is 40.9. The molecule has 2 heterocycles. The van der Waals surface area contributed by atoms with Crippen molar-refractivity contribution in [3.63, 3.8) is 0 Å². The number of rotatable bonds is 8. The molecule has 2 atom stereocenters. The molecule has 2 fully saturated rings. The number of carbonyl (C=O) groups is 3. The number of aryl methyl sites for hydroxylation is 1. The van der Waals surface area contributed by atoms with Crippen molar-refractivity contribution in [1.82, 2.24) is 19.6 Å². The van der Waals surface area contributed by atoms with Gasteiger partial charge in [0.25, 0.3) is 0 Å². The standard InChI is InChI=1S/C28H37ClN4O.C4H4O4/c1-20(2)33-17-16-32(28(33)34)15-12-30-10-13-31(14-11-30)27-19-25(22-6-4-21(3)5-7-22)26-18-23(29)8-9-24(26)27;5-3(6)1-2-4(7)8/h4-9,18,20,25,27H,10-17,19H2,1-3H3;1-2H,(H,5,6)(H,7,8)/b;2-1-. The topological polar surface area (TPSA) is 105 Å². The number of halogens is 1. The van der Waals surface area contributed by atoms with Gasteiger partial charge >= 0.3 is 18.0 Å². The number of piperazine rings is 1. The van der Waals surface area contributed by atoms with Gasteiger partial charge in [-0.15, -0.1) is 0 Å². The second-order valence-electron chi connectivity index (χ2n) is 11.4. The van der Waals surface area contributed by atoms with Gasteiger partial charge in [0.1, 0.15) is 0 Å². The van der Waals surface area contributed by atoms with Crippen LogP contribution in [0.1, 0.15) is 54.5 Å². The fourth-order valence-corrected chi connectivity index (χ4v) is 6.26. The minimum atomic E-state index is -1.26. The Labute approximate surface area is 253 Å². The molecule has 2 saturated heterocycles. The number of hydrogen-bond acceptors (Lipinski definition) is 5. The van der Waals surface area contributed by atoms with E-state index in [9.17, 15) is 14.4 Å². The summed E-state index contributed by atoms with van der Waals surface area (Å²) in [5, 5.41) is 16.5. The molecule has 9 nitrogen and oxygen atoms in total. The van der Waals surface area contributed by atoms with Gasteiger partial charge in [0.05, 0.1) is 0 Å². The predicted octanol–water partition coefficient (Wildman–Crippen LogP) is 4.70. The molecular weight excluding hydrogens is 556 g/mol. The molecule has 0 aromatic heterocycles. The molecule has 0 bridgehead atoms. The Morgan fingerprint density at radius 1 is 0.905 bits per heavy atom. The number of amides is 2. The van der Waals surface area contributed by atoms with E-state index >= 15 is 0 Å². The fourth-order valence-electron chi connectivity index (χ4n) is 6.08. The molecule has 2 N–H and O–H groups in total. The van der Waals surface area contributed by atoms with Crippen LogP contribution in [-0.4, -0.2) is 106 Å². The first-order valence-corrected chi connectivity index (χ1v) is 14.9. The maximum atomic E-state index is 12.6. The van der Waals surface area contributed by atoms with E-state index in [0.717, 1.165) is 63.8 Å². The number of hydrogen-bond donors (Lipinski definition) is 2. The van der Waals surface area contributed by atoms with E-state index < -0.39 is 11.9 Å². The van der Waals surface area contributed by atoms with Gasteiger partial charge in [-0.1, -0.05) is 47.5 Å². The Balaban J connectivity index is 0.000000446. The molecule has 226 valence electrons. The minimum Gasteiger partial charge on any atom is -0.478 e. The molecule has 2 aromatic carbocycles. The number of carboxylic acids is 2. The molecular formula is C32H41ClN4O5. The van der Waals surface area contributed by atoms with E-state index in [-0.39, 0.29) is 12.1 Å². The first kappa shape index (κ1) is 31.5. The Kier molecular flexibility index (Phi) is 10.6. The molecule has 0 spiro atoms. The highest BCUT2D eigenvalue weighted by atomic mass is 35.5. The summed E-state index contributed by atoms with van der Waals surface area (Å²) in [5.41, 5.74) is 5.53. The number of aliphatic carboxylic acids is 2. The van der Waals surface area contributed by atoms with Gasteiger partial charge in [0.2, 0.25) is 0 Å². The third kappa shape index (κ3) is 7.91. The van der Waals surface area contributed by atoms with Crippen molar-refractivity contribution in [2.24, 2.45) is 0 Å². The normalized spacial score (nSPS) is 21.1. The SMILES string of the molecule is Cc1ccc(C2CC(N3CCN(CCN4CCN(C(C)C)C4=O)CC3)c3ccc(Cl)cc32)cc1.O=C(O)/C=C\C(=O)O. The largest absolute Gasteiger partial charge is 0.478 e. The molecule has 3 aliphatic rings.